The quantitative estimate of drug-likeness (QED) is 0.0191. The third kappa shape index (κ3) is 21.8. The van der Waals surface area contributed by atoms with Gasteiger partial charge in [-0.1, -0.05) is 90.3 Å². The summed E-state index contributed by atoms with van der Waals surface area (Å²) >= 11 is 0. The second kappa shape index (κ2) is 34.4. The summed E-state index contributed by atoms with van der Waals surface area (Å²) in [6.45, 7) is 8.71. The molecule has 95 heavy (non-hydrogen) atoms. The molecule has 6 aromatic carbocycles. The van der Waals surface area contributed by atoms with Gasteiger partial charge in [-0.15, -0.1) is 21.7 Å². The molecule has 0 aliphatic carbocycles. The van der Waals surface area contributed by atoms with Gasteiger partial charge in [0.25, 0.3) is 0 Å². The van der Waals surface area contributed by atoms with E-state index in [1.54, 1.807) is 103 Å². The van der Waals surface area contributed by atoms with Gasteiger partial charge in [-0.25, -0.2) is 46.3 Å². The molecule has 0 fully saturated rings. The van der Waals surface area contributed by atoms with Crippen LogP contribution in [0.2, 0.25) is 0 Å². The van der Waals surface area contributed by atoms with E-state index in [2.05, 4.69) is 65.4 Å². The molecule has 0 aliphatic heterocycles. The van der Waals surface area contributed by atoms with E-state index in [0.29, 0.717) is 59.5 Å². The number of ether oxygens (including phenoxy) is 4. The minimum absolute atomic E-state index is 0.0382. The number of rotatable bonds is 29. The Morgan fingerprint density at radius 1 is 0.516 bits per heavy atom. The molecule has 10 aromatic rings. The fourth-order valence-electron chi connectivity index (χ4n) is 8.84. The minimum Gasteiger partial charge on any atom is -0.489 e. The second-order valence-corrected chi connectivity index (χ2v) is 20.7. The topological polar surface area (TPSA) is 251 Å². The first kappa shape index (κ1) is 68.9. The maximum atomic E-state index is 14.7. The van der Waals surface area contributed by atoms with Crippen molar-refractivity contribution in [3.05, 3.63) is 294 Å². The van der Waals surface area contributed by atoms with E-state index in [-0.39, 0.29) is 62.1 Å². The molecule has 0 amide bonds. The molecular weight excluding hydrogens is 1230 g/mol. The Kier molecular flexibility index (Phi) is 25.0. The lowest BCUT2D eigenvalue weighted by atomic mass is 9.93. The Hall–Kier alpha value is -12.0. The molecule has 0 bridgehead atoms. The van der Waals surface area contributed by atoms with Gasteiger partial charge in [-0.3, -0.25) is 14.4 Å². The largest absolute Gasteiger partial charge is 0.489 e. The molecule has 0 radical (unpaired) electrons. The SMILES string of the molecule is C=C=CCOc1ccc(/C=C/C(=O)/C=C/c2ccc(OCc3cn(CC(O)(Cn4cncn4)c4ccc(F)cc4F)nn3)cc2)cc1.C=C=CCOc1ccc(C=O)cc1.CC(=O)/C=C/c1ccc(OCc2cn(CC(O)(Cn3cncn3)c3ccc(F)cc3F)nn2)cc1. The van der Waals surface area contributed by atoms with Crippen molar-refractivity contribution in [2.24, 2.45) is 0 Å². The molecule has 2 N–H and O–H groups in total. The number of aldehydes is 1. The number of hydrogen-bond donors (Lipinski definition) is 2. The number of halogens is 4. The Balaban J connectivity index is 0.000000210. The van der Waals surface area contributed by atoms with Gasteiger partial charge in [-0.05, 0) is 127 Å². The molecule has 4 heterocycles. The molecule has 10 rings (SSSR count). The third-order valence-corrected chi connectivity index (χ3v) is 13.4. The summed E-state index contributed by atoms with van der Waals surface area (Å²) in [5.74, 6) is -0.911. The van der Waals surface area contributed by atoms with E-state index in [0.717, 1.165) is 40.9 Å². The van der Waals surface area contributed by atoms with E-state index in [4.69, 9.17) is 18.9 Å². The number of allylic oxidation sites excluding steroid dienone is 3. The molecule has 2 unspecified atom stereocenters. The van der Waals surface area contributed by atoms with Crippen molar-refractivity contribution in [2.75, 3.05) is 13.2 Å². The molecule has 4 aromatic heterocycles. The number of hydrogen-bond acceptors (Lipinski definition) is 17. The molecule has 0 saturated carbocycles. The van der Waals surface area contributed by atoms with Gasteiger partial charge in [0.05, 0.1) is 38.6 Å². The van der Waals surface area contributed by atoms with Crippen LogP contribution in [0.25, 0.3) is 18.2 Å². The molecule has 0 aliphatic rings. The predicted molar refractivity (Wildman–Crippen MR) is 342 cm³/mol. The number of ketones is 2. The number of aromatic nitrogens is 12. The van der Waals surface area contributed by atoms with E-state index < -0.39 is 34.5 Å². The zero-order valence-electron chi connectivity index (χ0n) is 51.1. The van der Waals surface area contributed by atoms with Crippen LogP contribution in [-0.4, -0.2) is 101 Å². The summed E-state index contributed by atoms with van der Waals surface area (Å²) in [5, 5.41) is 47.1. The first-order valence-electron chi connectivity index (χ1n) is 28.9. The maximum absolute atomic E-state index is 14.7. The normalized spacial score (nSPS) is 12.2. The molecule has 2 atom stereocenters. The van der Waals surface area contributed by atoms with Crippen molar-refractivity contribution in [1.29, 1.82) is 0 Å². The molecule has 0 saturated heterocycles. The lowest BCUT2D eigenvalue weighted by Gasteiger charge is -2.28. The first-order valence-corrected chi connectivity index (χ1v) is 28.9. The summed E-state index contributed by atoms with van der Waals surface area (Å²) in [6, 6.07) is 34.5. The van der Waals surface area contributed by atoms with Crippen molar-refractivity contribution >= 4 is 36.1 Å². The number of carbonyl (C=O) groups is 3. The number of nitrogens with zero attached hydrogens (tertiary/aromatic N) is 12. The number of carbonyl (C=O) groups excluding carboxylic acids is 3. The van der Waals surface area contributed by atoms with Gasteiger partial charge in [-0.2, -0.15) is 10.2 Å². The zero-order valence-corrected chi connectivity index (χ0v) is 51.1. The average Bonchev–Trinajstić information content (AvgIpc) is 1.72. The summed E-state index contributed by atoms with van der Waals surface area (Å²) in [7, 11) is 0. The highest BCUT2D eigenvalue weighted by atomic mass is 19.1. The van der Waals surface area contributed by atoms with E-state index >= 15 is 0 Å². The van der Waals surface area contributed by atoms with Crippen LogP contribution in [0.5, 0.6) is 23.0 Å². The van der Waals surface area contributed by atoms with Crippen LogP contribution in [0.3, 0.4) is 0 Å². The van der Waals surface area contributed by atoms with E-state index in [1.807, 2.05) is 36.4 Å². The predicted octanol–water partition coefficient (Wildman–Crippen LogP) is 10.5. The van der Waals surface area contributed by atoms with Crippen molar-refractivity contribution < 1.29 is 61.1 Å². The van der Waals surface area contributed by atoms with Gasteiger partial charge in [0.1, 0.15) is 127 Å². The summed E-state index contributed by atoms with van der Waals surface area (Å²) in [6.07, 6.45) is 22.2. The van der Waals surface area contributed by atoms with Gasteiger partial charge in [0, 0.05) is 28.8 Å². The van der Waals surface area contributed by atoms with E-state index in [1.165, 1.54) is 81.3 Å². The van der Waals surface area contributed by atoms with Gasteiger partial charge in [0.2, 0.25) is 0 Å². The molecular formula is C70H62F4N12O9. The number of aliphatic hydroxyl groups is 2. The summed E-state index contributed by atoms with van der Waals surface area (Å²) in [5.41, 5.74) is 5.47. The first-order chi connectivity index (χ1) is 46.0. The lowest BCUT2D eigenvalue weighted by Crippen LogP contribution is -2.37. The summed E-state index contributed by atoms with van der Waals surface area (Å²) in [4.78, 5) is 41.4. The molecule has 21 nitrogen and oxygen atoms in total. The average molecular weight is 1290 g/mol. The fraction of sp³-hybridized carbons (Fsp3) is 0.157. The second-order valence-electron chi connectivity index (χ2n) is 20.7. The fourth-order valence-corrected chi connectivity index (χ4v) is 8.84. The van der Waals surface area contributed by atoms with E-state index in [9.17, 15) is 42.2 Å². The Morgan fingerprint density at radius 2 is 0.884 bits per heavy atom. The van der Waals surface area contributed by atoms with Crippen LogP contribution in [0, 0.1) is 23.3 Å². The van der Waals surface area contributed by atoms with Crippen molar-refractivity contribution in [2.45, 2.75) is 57.5 Å². The van der Waals surface area contributed by atoms with Crippen LogP contribution in [0.4, 0.5) is 17.6 Å². The lowest BCUT2D eigenvalue weighted by molar-refractivity contribution is -0.112. The van der Waals surface area contributed by atoms with Crippen LogP contribution < -0.4 is 18.9 Å². The van der Waals surface area contributed by atoms with Gasteiger partial charge >= 0.3 is 0 Å². The number of benzene rings is 6. The third-order valence-electron chi connectivity index (χ3n) is 13.4. The minimum atomic E-state index is -1.85. The highest BCUT2D eigenvalue weighted by Crippen LogP contribution is 2.31. The summed E-state index contributed by atoms with van der Waals surface area (Å²) < 4.78 is 84.0. The smallest absolute Gasteiger partial charge is 0.178 e. The Labute approximate surface area is 542 Å². The van der Waals surface area contributed by atoms with Crippen LogP contribution in [-0.2, 0) is 60.2 Å². The van der Waals surface area contributed by atoms with Crippen molar-refractivity contribution in [3.63, 3.8) is 0 Å². The van der Waals surface area contributed by atoms with Gasteiger partial charge in [0.15, 0.2) is 11.6 Å². The highest BCUT2D eigenvalue weighted by Gasteiger charge is 2.36. The highest BCUT2D eigenvalue weighted by molar-refractivity contribution is 6.04. The van der Waals surface area contributed by atoms with Crippen LogP contribution in [0.1, 0.15) is 56.5 Å². The zero-order chi connectivity index (χ0) is 67.4. The van der Waals surface area contributed by atoms with Crippen LogP contribution in [0.15, 0.2) is 226 Å². The van der Waals surface area contributed by atoms with Crippen molar-refractivity contribution in [3.8, 4) is 23.0 Å². The molecule has 0 spiro atoms. The standard InChI is InChI=1S/C35H30F2N6O4.C24H22F2N6O3.C11H10O2/c1-2-3-18-46-31-13-6-26(7-14-31)4-11-30(44)12-5-27-8-15-32(16-9-27)47-21-29-20-42(41-40-29)22-35(45,23-43-25-38-24-39-43)33-17-10-28(36)19-34(33)37;1-17(33)2-3-18-4-7-21(8-5-18)35-12-20-11-31(30-29-20)13-24(34,14-32-16-27-15-28-32)22-9-6-19(25)10-23(22)26;1-2-3-8-13-11-6-4-10(9-12)5-7-11/h3-17,19-20,24-25,45H,1,18,21-23H2;2-11,15-16,34H,12-14H2,1H3;3-7,9H,1,8H2/b11-4+,12-5+;3-2+;. The Bertz CT molecular complexity index is 4320. The van der Waals surface area contributed by atoms with Gasteiger partial charge < -0.3 is 29.2 Å². The van der Waals surface area contributed by atoms with Crippen LogP contribution >= 0.6 is 0 Å². The molecule has 25 heteroatoms. The van der Waals surface area contributed by atoms with Crippen molar-refractivity contribution in [1.82, 2.24) is 59.5 Å². The molecule has 484 valence electrons. The monoisotopic (exact) mass is 1290 g/mol. The Morgan fingerprint density at radius 3 is 1.23 bits per heavy atom. The maximum Gasteiger partial charge on any atom is 0.178 e.